The van der Waals surface area contributed by atoms with Gasteiger partial charge in [-0.15, -0.1) is 0 Å². The normalized spacial score (nSPS) is 22.9. The van der Waals surface area contributed by atoms with Crippen molar-refractivity contribution in [2.75, 3.05) is 0 Å². The van der Waals surface area contributed by atoms with Crippen molar-refractivity contribution in [1.29, 1.82) is 0 Å². The molecule has 0 aromatic heterocycles. The van der Waals surface area contributed by atoms with Crippen LogP contribution in [0.15, 0.2) is 0 Å². The second kappa shape index (κ2) is 5.51. The van der Waals surface area contributed by atoms with E-state index in [2.05, 4.69) is 34.6 Å². The lowest BCUT2D eigenvalue weighted by Crippen LogP contribution is -2.33. The first-order valence-corrected chi connectivity index (χ1v) is 7.00. The Morgan fingerprint density at radius 1 is 1.25 bits per heavy atom. The fraction of sp³-hybridized carbons (Fsp3) is 1.00. The molecule has 96 valence electrons. The average molecular weight is 228 g/mol. The van der Waals surface area contributed by atoms with Gasteiger partial charge >= 0.3 is 0 Å². The summed E-state index contributed by atoms with van der Waals surface area (Å²) in [4.78, 5) is 0. The van der Waals surface area contributed by atoms with E-state index < -0.39 is 6.17 Å². The topological polar surface area (TPSA) is 0 Å². The summed E-state index contributed by atoms with van der Waals surface area (Å²) in [6.45, 7) is 10.8. The van der Waals surface area contributed by atoms with Gasteiger partial charge < -0.3 is 0 Å². The van der Waals surface area contributed by atoms with E-state index in [1.54, 1.807) is 0 Å². The quantitative estimate of drug-likeness (QED) is 0.584. The number of halogens is 1. The van der Waals surface area contributed by atoms with Gasteiger partial charge in [0.25, 0.3) is 0 Å². The van der Waals surface area contributed by atoms with Crippen LogP contribution >= 0.6 is 0 Å². The Morgan fingerprint density at radius 2 is 1.81 bits per heavy atom. The van der Waals surface area contributed by atoms with E-state index in [1.807, 2.05) is 0 Å². The second-order valence-corrected chi connectivity index (χ2v) is 6.86. The summed E-state index contributed by atoms with van der Waals surface area (Å²) >= 11 is 0. The summed E-state index contributed by atoms with van der Waals surface area (Å²) in [6, 6.07) is 0. The van der Waals surface area contributed by atoms with Crippen LogP contribution in [-0.2, 0) is 0 Å². The number of alkyl halides is 1. The van der Waals surface area contributed by atoms with Crippen molar-refractivity contribution in [1.82, 2.24) is 0 Å². The zero-order valence-electron chi connectivity index (χ0n) is 11.7. The van der Waals surface area contributed by atoms with Crippen LogP contribution < -0.4 is 0 Å². The van der Waals surface area contributed by atoms with Gasteiger partial charge in [0.15, 0.2) is 0 Å². The predicted molar refractivity (Wildman–Crippen MR) is 69.3 cm³/mol. The SMILES string of the molecule is CCCC(C(F)C(C)CC1CC1)C(C)(C)C. The lowest BCUT2D eigenvalue weighted by Gasteiger charge is -2.36. The van der Waals surface area contributed by atoms with Gasteiger partial charge in [0.1, 0.15) is 6.17 Å². The molecule has 1 fully saturated rings. The van der Waals surface area contributed by atoms with Crippen LogP contribution in [0.4, 0.5) is 4.39 Å². The highest BCUT2D eigenvalue weighted by Gasteiger charge is 2.36. The Hall–Kier alpha value is -0.0700. The Morgan fingerprint density at radius 3 is 2.19 bits per heavy atom. The summed E-state index contributed by atoms with van der Waals surface area (Å²) in [6.07, 6.45) is 5.30. The molecule has 1 rings (SSSR count). The third-order valence-corrected chi connectivity index (χ3v) is 4.04. The molecule has 0 aliphatic heterocycles. The largest absolute Gasteiger partial charge is 0.247 e. The minimum Gasteiger partial charge on any atom is -0.247 e. The van der Waals surface area contributed by atoms with Crippen molar-refractivity contribution in [2.24, 2.45) is 23.2 Å². The summed E-state index contributed by atoms with van der Waals surface area (Å²) in [7, 11) is 0. The third-order valence-electron chi connectivity index (χ3n) is 4.04. The molecule has 1 aliphatic rings. The molecule has 1 saturated carbocycles. The lowest BCUT2D eigenvalue weighted by atomic mass is 9.72. The Labute approximate surface area is 101 Å². The molecular formula is C15H29F. The number of hydrogen-bond donors (Lipinski definition) is 0. The number of hydrogen-bond acceptors (Lipinski definition) is 0. The van der Waals surface area contributed by atoms with E-state index in [-0.39, 0.29) is 17.3 Å². The molecule has 0 radical (unpaired) electrons. The summed E-state index contributed by atoms with van der Waals surface area (Å²) in [5.41, 5.74) is 0.104. The fourth-order valence-electron chi connectivity index (χ4n) is 2.79. The van der Waals surface area contributed by atoms with Crippen LogP contribution in [0.5, 0.6) is 0 Å². The van der Waals surface area contributed by atoms with Crippen LogP contribution in [0.3, 0.4) is 0 Å². The molecule has 0 saturated heterocycles. The van der Waals surface area contributed by atoms with E-state index in [9.17, 15) is 4.39 Å². The smallest absolute Gasteiger partial charge is 0.106 e. The van der Waals surface area contributed by atoms with Crippen molar-refractivity contribution in [3.63, 3.8) is 0 Å². The maximum absolute atomic E-state index is 14.5. The van der Waals surface area contributed by atoms with E-state index in [0.29, 0.717) is 0 Å². The Bertz CT molecular complexity index is 200. The minimum absolute atomic E-state index is 0.104. The van der Waals surface area contributed by atoms with Gasteiger partial charge in [-0.25, -0.2) is 4.39 Å². The highest BCUT2D eigenvalue weighted by molar-refractivity contribution is 4.86. The van der Waals surface area contributed by atoms with Gasteiger partial charge in [0, 0.05) is 0 Å². The summed E-state index contributed by atoms with van der Waals surface area (Å²) in [5, 5.41) is 0. The second-order valence-electron chi connectivity index (χ2n) is 6.86. The Kier molecular flexibility index (Phi) is 4.82. The van der Waals surface area contributed by atoms with Gasteiger partial charge in [-0.3, -0.25) is 0 Å². The monoisotopic (exact) mass is 228 g/mol. The molecule has 0 spiro atoms. The van der Waals surface area contributed by atoms with Crippen molar-refractivity contribution >= 4 is 0 Å². The first-order chi connectivity index (χ1) is 7.36. The third kappa shape index (κ3) is 4.07. The molecule has 0 aromatic rings. The molecule has 0 amide bonds. The maximum atomic E-state index is 14.5. The van der Waals surface area contributed by atoms with Gasteiger partial charge in [-0.2, -0.15) is 0 Å². The van der Waals surface area contributed by atoms with Crippen LogP contribution in [0.25, 0.3) is 0 Å². The van der Waals surface area contributed by atoms with E-state index in [0.717, 1.165) is 25.2 Å². The predicted octanol–water partition coefficient (Wildman–Crippen LogP) is 5.22. The Balaban J connectivity index is 2.53. The maximum Gasteiger partial charge on any atom is 0.106 e. The first-order valence-electron chi connectivity index (χ1n) is 7.00. The molecule has 0 heterocycles. The van der Waals surface area contributed by atoms with Crippen LogP contribution in [0, 0.1) is 23.2 Å². The molecule has 0 nitrogen and oxygen atoms in total. The molecular weight excluding hydrogens is 199 g/mol. The van der Waals surface area contributed by atoms with Crippen molar-refractivity contribution in [3.8, 4) is 0 Å². The van der Waals surface area contributed by atoms with Crippen LogP contribution in [-0.4, -0.2) is 6.17 Å². The molecule has 0 bridgehead atoms. The van der Waals surface area contributed by atoms with Crippen LogP contribution in [0.1, 0.15) is 66.7 Å². The zero-order chi connectivity index (χ0) is 12.3. The lowest BCUT2D eigenvalue weighted by molar-refractivity contribution is 0.0625. The van der Waals surface area contributed by atoms with Crippen molar-refractivity contribution in [2.45, 2.75) is 72.9 Å². The molecule has 3 atom stereocenters. The molecule has 1 aliphatic carbocycles. The number of rotatable bonds is 6. The minimum atomic E-state index is -0.611. The van der Waals surface area contributed by atoms with E-state index in [1.165, 1.54) is 12.8 Å². The van der Waals surface area contributed by atoms with E-state index >= 15 is 0 Å². The standard InChI is InChI=1S/C15H29F/c1-6-7-13(15(3,4)5)14(16)11(2)10-12-8-9-12/h11-14H,6-10H2,1-5H3. The summed E-state index contributed by atoms with van der Waals surface area (Å²) in [5.74, 6) is 1.32. The molecule has 0 N–H and O–H groups in total. The molecule has 16 heavy (non-hydrogen) atoms. The summed E-state index contributed by atoms with van der Waals surface area (Å²) < 4.78 is 14.5. The van der Waals surface area contributed by atoms with Gasteiger partial charge in [0.05, 0.1) is 0 Å². The molecule has 3 unspecified atom stereocenters. The van der Waals surface area contributed by atoms with Crippen molar-refractivity contribution in [3.05, 3.63) is 0 Å². The van der Waals surface area contributed by atoms with Gasteiger partial charge in [0.2, 0.25) is 0 Å². The highest BCUT2D eigenvalue weighted by Crippen LogP contribution is 2.42. The molecule has 0 aromatic carbocycles. The highest BCUT2D eigenvalue weighted by atomic mass is 19.1. The average Bonchev–Trinajstić information content (AvgIpc) is 2.95. The van der Waals surface area contributed by atoms with Crippen molar-refractivity contribution < 1.29 is 4.39 Å². The fourth-order valence-corrected chi connectivity index (χ4v) is 2.79. The van der Waals surface area contributed by atoms with E-state index in [4.69, 9.17) is 0 Å². The van der Waals surface area contributed by atoms with Gasteiger partial charge in [-0.1, -0.05) is 53.9 Å². The first kappa shape index (κ1) is 14.0. The van der Waals surface area contributed by atoms with Crippen LogP contribution in [0.2, 0.25) is 0 Å². The zero-order valence-corrected chi connectivity index (χ0v) is 11.7. The van der Waals surface area contributed by atoms with Gasteiger partial charge in [-0.05, 0) is 36.0 Å². The molecule has 1 heteroatoms.